The van der Waals surface area contributed by atoms with Gasteiger partial charge in [-0.05, 0) is 29.8 Å². The van der Waals surface area contributed by atoms with Gasteiger partial charge in [-0.1, -0.05) is 84.5 Å². The smallest absolute Gasteiger partial charge is 0.299 e. The van der Waals surface area contributed by atoms with Gasteiger partial charge in [-0.15, -0.1) is 0 Å². The lowest BCUT2D eigenvalue weighted by atomic mass is 10.2. The minimum Gasteiger partial charge on any atom is -0.316 e. The van der Waals surface area contributed by atoms with Crippen molar-refractivity contribution < 1.29 is 4.79 Å². The van der Waals surface area contributed by atoms with Gasteiger partial charge in [-0.2, -0.15) is 0 Å². The molecule has 0 unspecified atom stereocenters. The number of nitrogens with zero attached hydrogens (tertiary/aromatic N) is 1. The van der Waals surface area contributed by atoms with E-state index in [0.29, 0.717) is 13.1 Å². The van der Waals surface area contributed by atoms with Crippen molar-refractivity contribution in [2.24, 2.45) is 0 Å². The fourth-order valence-electron chi connectivity index (χ4n) is 2.49. The zero-order valence-electron chi connectivity index (χ0n) is 14.9. The first-order valence-corrected chi connectivity index (χ1v) is 8.75. The van der Waals surface area contributed by atoms with Gasteiger partial charge in [0.2, 0.25) is 0 Å². The molecular weight excluding hydrogens is 330 g/mol. The molecule has 2 heteroatoms. The number of carbonyl (C=O) groups is 1. The Balaban J connectivity index is 1.76. The van der Waals surface area contributed by atoms with Crippen molar-refractivity contribution in [2.45, 2.75) is 6.54 Å². The van der Waals surface area contributed by atoms with E-state index in [-0.39, 0.29) is 5.91 Å². The summed E-state index contributed by atoms with van der Waals surface area (Å²) in [4.78, 5) is 14.3. The van der Waals surface area contributed by atoms with Crippen LogP contribution in [0.2, 0.25) is 0 Å². The van der Waals surface area contributed by atoms with Crippen LogP contribution in [0.3, 0.4) is 0 Å². The van der Waals surface area contributed by atoms with Gasteiger partial charge in [-0.3, -0.25) is 4.79 Å². The Morgan fingerprint density at radius 2 is 1.22 bits per heavy atom. The highest BCUT2D eigenvalue weighted by molar-refractivity contribution is 5.94. The van der Waals surface area contributed by atoms with Gasteiger partial charge in [0.15, 0.2) is 0 Å². The molecule has 2 nitrogen and oxygen atoms in total. The van der Waals surface area contributed by atoms with Crippen LogP contribution < -0.4 is 0 Å². The highest BCUT2D eigenvalue weighted by atomic mass is 16.2. The monoisotopic (exact) mass is 349 g/mol. The van der Waals surface area contributed by atoms with Crippen molar-refractivity contribution in [3.05, 3.63) is 108 Å². The van der Waals surface area contributed by atoms with Crippen LogP contribution in [0.25, 0.3) is 0 Å². The van der Waals surface area contributed by atoms with E-state index in [1.165, 1.54) is 0 Å². The van der Waals surface area contributed by atoms with Crippen LogP contribution in [0.5, 0.6) is 0 Å². The molecule has 3 aromatic rings. The third-order valence-corrected chi connectivity index (χ3v) is 3.87. The molecule has 0 aliphatic heterocycles. The summed E-state index contributed by atoms with van der Waals surface area (Å²) in [6.45, 7) is 0.804. The van der Waals surface area contributed by atoms with Gasteiger partial charge < -0.3 is 4.90 Å². The van der Waals surface area contributed by atoms with Crippen molar-refractivity contribution in [1.29, 1.82) is 0 Å². The molecule has 0 heterocycles. The summed E-state index contributed by atoms with van der Waals surface area (Å²) in [5, 5.41) is 0. The molecule has 0 saturated carbocycles. The standard InChI is InChI=1S/C25H19NO/c27-25(19-18-23-13-6-2-7-14-23)26(21-24-15-8-3-9-16-24)20-10-17-22-11-4-1-5-12-22/h1-9,11-16H,20-21H2. The Bertz CT molecular complexity index is 987. The summed E-state index contributed by atoms with van der Waals surface area (Å²) < 4.78 is 0. The van der Waals surface area contributed by atoms with Gasteiger partial charge >= 0.3 is 0 Å². The Morgan fingerprint density at radius 3 is 1.81 bits per heavy atom. The molecule has 0 aliphatic rings. The van der Waals surface area contributed by atoms with E-state index >= 15 is 0 Å². The first-order chi connectivity index (χ1) is 13.3. The minimum absolute atomic E-state index is 0.231. The summed E-state index contributed by atoms with van der Waals surface area (Å²) >= 11 is 0. The van der Waals surface area contributed by atoms with Crippen molar-refractivity contribution >= 4 is 5.91 Å². The van der Waals surface area contributed by atoms with Crippen LogP contribution in [0, 0.1) is 23.7 Å². The molecule has 3 rings (SSSR count). The molecule has 1 amide bonds. The van der Waals surface area contributed by atoms with E-state index in [0.717, 1.165) is 16.7 Å². The number of carbonyl (C=O) groups excluding carboxylic acids is 1. The van der Waals surface area contributed by atoms with Crippen molar-refractivity contribution in [3.63, 3.8) is 0 Å². The lowest BCUT2D eigenvalue weighted by Crippen LogP contribution is -2.29. The molecular formula is C25H19NO. The first-order valence-electron chi connectivity index (χ1n) is 8.75. The van der Waals surface area contributed by atoms with E-state index in [1.807, 2.05) is 91.0 Å². The van der Waals surface area contributed by atoms with Crippen LogP contribution >= 0.6 is 0 Å². The SMILES string of the molecule is O=C(C#Cc1ccccc1)N(CC#Cc1ccccc1)Cc1ccccc1. The lowest BCUT2D eigenvalue weighted by Gasteiger charge is -2.17. The predicted octanol–water partition coefficient (Wildman–Crippen LogP) is 4.12. The number of rotatable bonds is 3. The van der Waals surface area contributed by atoms with Crippen molar-refractivity contribution in [3.8, 4) is 23.7 Å². The van der Waals surface area contributed by atoms with Gasteiger partial charge in [-0.25, -0.2) is 0 Å². The van der Waals surface area contributed by atoms with Crippen LogP contribution in [0.1, 0.15) is 16.7 Å². The predicted molar refractivity (Wildman–Crippen MR) is 108 cm³/mol. The normalized spacial score (nSPS) is 9.33. The topological polar surface area (TPSA) is 20.3 Å². The average molecular weight is 349 g/mol. The van der Waals surface area contributed by atoms with Gasteiger partial charge in [0.05, 0.1) is 6.54 Å². The maximum Gasteiger partial charge on any atom is 0.299 e. The van der Waals surface area contributed by atoms with Gasteiger partial charge in [0.1, 0.15) is 0 Å². The maximum atomic E-state index is 12.6. The molecule has 0 spiro atoms. The first kappa shape index (κ1) is 18.1. The molecule has 0 fully saturated rings. The second kappa shape index (κ2) is 9.66. The molecule has 0 radical (unpaired) electrons. The third kappa shape index (κ3) is 5.92. The highest BCUT2D eigenvalue weighted by Gasteiger charge is 2.10. The molecule has 0 aliphatic carbocycles. The Labute approximate surface area is 160 Å². The van der Waals surface area contributed by atoms with Crippen molar-refractivity contribution in [1.82, 2.24) is 4.90 Å². The number of benzene rings is 3. The molecule has 3 aromatic carbocycles. The van der Waals surface area contributed by atoms with E-state index in [2.05, 4.69) is 23.7 Å². The second-order valence-corrected chi connectivity index (χ2v) is 5.93. The number of hydrogen-bond acceptors (Lipinski definition) is 1. The Hall–Kier alpha value is -3.75. The van der Waals surface area contributed by atoms with Crippen molar-refractivity contribution in [2.75, 3.05) is 6.54 Å². The zero-order chi connectivity index (χ0) is 18.7. The summed E-state index contributed by atoms with van der Waals surface area (Å²) in [6.07, 6.45) is 0. The fourth-order valence-corrected chi connectivity index (χ4v) is 2.49. The van der Waals surface area contributed by atoms with Gasteiger partial charge in [0, 0.05) is 23.6 Å². The van der Waals surface area contributed by atoms with Crippen LogP contribution in [-0.4, -0.2) is 17.4 Å². The largest absolute Gasteiger partial charge is 0.316 e. The van der Waals surface area contributed by atoms with Gasteiger partial charge in [0.25, 0.3) is 5.91 Å². The van der Waals surface area contributed by atoms with Crippen LogP contribution in [-0.2, 0) is 11.3 Å². The average Bonchev–Trinajstić information content (AvgIpc) is 2.73. The molecule has 27 heavy (non-hydrogen) atoms. The molecule has 0 bridgehead atoms. The van der Waals surface area contributed by atoms with Crippen LogP contribution in [0.15, 0.2) is 91.0 Å². The maximum absolute atomic E-state index is 12.6. The third-order valence-electron chi connectivity index (χ3n) is 3.87. The fraction of sp³-hybridized carbons (Fsp3) is 0.0800. The molecule has 0 N–H and O–H groups in total. The Morgan fingerprint density at radius 1 is 0.704 bits per heavy atom. The van der Waals surface area contributed by atoms with E-state index < -0.39 is 0 Å². The number of amides is 1. The summed E-state index contributed by atoms with van der Waals surface area (Å²) in [5.41, 5.74) is 2.80. The van der Waals surface area contributed by atoms with Crippen LogP contribution in [0.4, 0.5) is 0 Å². The van der Waals surface area contributed by atoms with E-state index in [9.17, 15) is 4.79 Å². The lowest BCUT2D eigenvalue weighted by molar-refractivity contribution is -0.125. The quantitative estimate of drug-likeness (QED) is 0.652. The number of hydrogen-bond donors (Lipinski definition) is 0. The van der Waals surface area contributed by atoms with E-state index in [4.69, 9.17) is 0 Å². The summed E-state index contributed by atoms with van der Waals surface area (Å²) in [7, 11) is 0. The molecule has 0 saturated heterocycles. The molecule has 130 valence electrons. The highest BCUT2D eigenvalue weighted by Crippen LogP contribution is 2.05. The van der Waals surface area contributed by atoms with E-state index in [1.54, 1.807) is 4.90 Å². The molecule has 0 atom stereocenters. The summed E-state index contributed by atoms with van der Waals surface area (Å²) in [6, 6.07) is 29.1. The molecule has 0 aromatic heterocycles. The zero-order valence-corrected chi connectivity index (χ0v) is 14.9. The minimum atomic E-state index is -0.231. The Kier molecular flexibility index (Phi) is 6.46. The second-order valence-electron chi connectivity index (χ2n) is 5.93. The summed E-state index contributed by atoms with van der Waals surface area (Å²) in [5.74, 6) is 11.6.